The van der Waals surface area contributed by atoms with E-state index in [2.05, 4.69) is 34.6 Å². The molecule has 1 amide bonds. The van der Waals surface area contributed by atoms with Crippen molar-refractivity contribution in [2.45, 2.75) is 63.6 Å². The molecule has 0 aromatic rings. The number of amides is 1. The highest BCUT2D eigenvalue weighted by Crippen LogP contribution is 2.25. The first-order valence-electron chi connectivity index (χ1n) is 10.4. The Morgan fingerprint density at radius 2 is 1.97 bits per heavy atom. The third-order valence-corrected chi connectivity index (χ3v) is 5.59. The molecule has 9 heteroatoms. The molecule has 2 rings (SSSR count). The van der Waals surface area contributed by atoms with Crippen LogP contribution >= 0.6 is 24.0 Å². The highest BCUT2D eigenvalue weighted by atomic mass is 127. The van der Waals surface area contributed by atoms with E-state index in [0.29, 0.717) is 6.54 Å². The minimum Gasteiger partial charge on any atom is -0.444 e. The van der Waals surface area contributed by atoms with Crippen LogP contribution in [0.5, 0.6) is 0 Å². The van der Waals surface area contributed by atoms with Crippen molar-refractivity contribution in [2.75, 3.05) is 54.0 Å². The maximum atomic E-state index is 12.4. The third-order valence-electron chi connectivity index (χ3n) is 5.59. The van der Waals surface area contributed by atoms with Crippen LogP contribution < -0.4 is 10.6 Å². The number of carbonyl (C=O) groups is 1. The van der Waals surface area contributed by atoms with E-state index in [9.17, 15) is 4.79 Å². The molecule has 2 heterocycles. The van der Waals surface area contributed by atoms with Crippen LogP contribution in [0.3, 0.4) is 0 Å². The average molecular weight is 525 g/mol. The van der Waals surface area contributed by atoms with Crippen molar-refractivity contribution in [1.82, 2.24) is 20.4 Å². The van der Waals surface area contributed by atoms with Crippen molar-refractivity contribution in [3.8, 4) is 0 Å². The zero-order valence-electron chi connectivity index (χ0n) is 18.9. The zero-order valence-corrected chi connectivity index (χ0v) is 21.2. The molecule has 0 spiro atoms. The number of hydrogen-bond acceptors (Lipinski definition) is 5. The van der Waals surface area contributed by atoms with Crippen LogP contribution in [0.1, 0.15) is 46.5 Å². The van der Waals surface area contributed by atoms with Gasteiger partial charge in [-0.25, -0.2) is 4.79 Å². The molecule has 0 saturated carbocycles. The van der Waals surface area contributed by atoms with Crippen LogP contribution in [0, 0.1) is 0 Å². The normalized spacial score (nSPS) is 22.7. The molecule has 0 aromatic heterocycles. The standard InChI is InChI=1S/C20H39N5O3.HI/c1-19(2,3)28-18(26)25-11-7-8-16(14-25)23-17(21-4)22-15-20(24(5)6)9-12-27-13-10-20;/h16H,7-15H2,1-6H3,(H2,21,22,23);1H. The van der Waals surface area contributed by atoms with Gasteiger partial charge in [-0.3, -0.25) is 4.99 Å². The van der Waals surface area contributed by atoms with Gasteiger partial charge >= 0.3 is 6.09 Å². The fraction of sp³-hybridized carbons (Fsp3) is 0.900. The number of carbonyl (C=O) groups excluding carboxylic acids is 1. The summed E-state index contributed by atoms with van der Waals surface area (Å²) >= 11 is 0. The summed E-state index contributed by atoms with van der Waals surface area (Å²) in [5, 5.41) is 6.99. The quantitative estimate of drug-likeness (QED) is 0.333. The molecule has 2 aliphatic rings. The van der Waals surface area contributed by atoms with Gasteiger partial charge in [-0.2, -0.15) is 0 Å². The van der Waals surface area contributed by atoms with Crippen molar-refractivity contribution in [3.63, 3.8) is 0 Å². The topological polar surface area (TPSA) is 78.4 Å². The summed E-state index contributed by atoms with van der Waals surface area (Å²) < 4.78 is 11.1. The SMILES string of the molecule is CN=C(NCC1(N(C)C)CCOCC1)NC1CCCN(C(=O)OC(C)(C)C)C1.I. The minimum atomic E-state index is -0.473. The number of nitrogens with one attached hydrogen (secondary N) is 2. The summed E-state index contributed by atoms with van der Waals surface area (Å²) in [5.74, 6) is 0.781. The molecule has 2 saturated heterocycles. The largest absolute Gasteiger partial charge is 0.444 e. The number of halogens is 1. The lowest BCUT2D eigenvalue weighted by Gasteiger charge is -2.43. The molecule has 0 aromatic carbocycles. The van der Waals surface area contributed by atoms with Gasteiger partial charge in [0, 0.05) is 51.5 Å². The van der Waals surface area contributed by atoms with E-state index in [-0.39, 0.29) is 41.7 Å². The lowest BCUT2D eigenvalue weighted by atomic mass is 9.88. The second-order valence-electron chi connectivity index (χ2n) is 9.07. The number of likely N-dealkylation sites (N-methyl/N-ethyl adjacent to an activating group) is 1. The van der Waals surface area contributed by atoms with Gasteiger partial charge in [-0.1, -0.05) is 0 Å². The molecular weight excluding hydrogens is 485 g/mol. The van der Waals surface area contributed by atoms with Crippen LogP contribution in [0.4, 0.5) is 4.79 Å². The number of nitrogens with zero attached hydrogens (tertiary/aromatic N) is 3. The van der Waals surface area contributed by atoms with E-state index in [1.807, 2.05) is 20.8 Å². The first kappa shape index (κ1) is 26.2. The molecule has 2 N–H and O–H groups in total. The van der Waals surface area contributed by atoms with Crippen molar-refractivity contribution in [3.05, 3.63) is 0 Å². The molecule has 1 atom stereocenters. The Morgan fingerprint density at radius 1 is 1.31 bits per heavy atom. The van der Waals surface area contributed by atoms with Gasteiger partial charge in [0.15, 0.2) is 5.96 Å². The van der Waals surface area contributed by atoms with Gasteiger partial charge in [0.05, 0.1) is 0 Å². The molecule has 2 fully saturated rings. The first-order valence-corrected chi connectivity index (χ1v) is 10.4. The lowest BCUT2D eigenvalue weighted by Crippen LogP contribution is -2.59. The predicted octanol–water partition coefficient (Wildman–Crippen LogP) is 2.28. The summed E-state index contributed by atoms with van der Waals surface area (Å²) in [6, 6.07) is 0.164. The summed E-state index contributed by atoms with van der Waals surface area (Å²) in [4.78, 5) is 20.9. The number of guanidine groups is 1. The molecule has 2 aliphatic heterocycles. The fourth-order valence-corrected chi connectivity index (χ4v) is 3.76. The fourth-order valence-electron chi connectivity index (χ4n) is 3.76. The smallest absolute Gasteiger partial charge is 0.410 e. The number of likely N-dealkylation sites (tertiary alicyclic amines) is 1. The summed E-state index contributed by atoms with van der Waals surface area (Å²) in [6.45, 7) is 9.45. The van der Waals surface area contributed by atoms with E-state index in [0.717, 1.165) is 57.9 Å². The number of aliphatic imine (C=N–C) groups is 1. The first-order chi connectivity index (χ1) is 13.1. The van der Waals surface area contributed by atoms with Gasteiger partial charge in [0.1, 0.15) is 5.60 Å². The maximum Gasteiger partial charge on any atom is 0.410 e. The Morgan fingerprint density at radius 3 is 2.52 bits per heavy atom. The molecule has 0 radical (unpaired) electrons. The Hall–Kier alpha value is -0.810. The third kappa shape index (κ3) is 8.09. The highest BCUT2D eigenvalue weighted by Gasteiger charge is 2.35. The number of rotatable bonds is 4. The Balaban J connectivity index is 0.00000420. The Bertz CT molecular complexity index is 545. The van der Waals surface area contributed by atoms with E-state index in [1.165, 1.54) is 0 Å². The number of ether oxygens (including phenoxy) is 2. The van der Waals surface area contributed by atoms with Crippen LogP contribution in [0.2, 0.25) is 0 Å². The molecule has 0 aliphatic carbocycles. The molecule has 29 heavy (non-hydrogen) atoms. The molecular formula is C20H40IN5O3. The van der Waals surface area contributed by atoms with E-state index >= 15 is 0 Å². The zero-order chi connectivity index (χ0) is 20.8. The van der Waals surface area contributed by atoms with Gasteiger partial charge in [-0.05, 0) is 60.5 Å². The van der Waals surface area contributed by atoms with Gasteiger partial charge in [0.2, 0.25) is 0 Å². The second-order valence-corrected chi connectivity index (χ2v) is 9.07. The average Bonchev–Trinajstić information content (AvgIpc) is 2.64. The molecule has 1 unspecified atom stereocenters. The Labute approximate surface area is 193 Å². The minimum absolute atomic E-state index is 0. The van der Waals surface area contributed by atoms with Crippen molar-refractivity contribution in [1.29, 1.82) is 0 Å². The monoisotopic (exact) mass is 525 g/mol. The van der Waals surface area contributed by atoms with E-state index < -0.39 is 5.60 Å². The maximum absolute atomic E-state index is 12.4. The van der Waals surface area contributed by atoms with Gasteiger partial charge in [-0.15, -0.1) is 24.0 Å². The van der Waals surface area contributed by atoms with Crippen LogP contribution in [0.15, 0.2) is 4.99 Å². The number of piperidine rings is 1. The van der Waals surface area contributed by atoms with E-state index in [1.54, 1.807) is 11.9 Å². The lowest BCUT2D eigenvalue weighted by molar-refractivity contribution is -0.00505. The summed E-state index contributed by atoms with van der Waals surface area (Å²) in [7, 11) is 6.04. The predicted molar refractivity (Wildman–Crippen MR) is 127 cm³/mol. The van der Waals surface area contributed by atoms with E-state index in [4.69, 9.17) is 9.47 Å². The van der Waals surface area contributed by atoms with Crippen LogP contribution in [-0.4, -0.2) is 93.0 Å². The summed E-state index contributed by atoms with van der Waals surface area (Å²) in [5.41, 5.74) is -0.399. The highest BCUT2D eigenvalue weighted by molar-refractivity contribution is 14.0. The molecule has 8 nitrogen and oxygen atoms in total. The van der Waals surface area contributed by atoms with Gasteiger partial charge in [0.25, 0.3) is 0 Å². The molecule has 170 valence electrons. The van der Waals surface area contributed by atoms with Crippen molar-refractivity contribution >= 4 is 36.0 Å². The second kappa shape index (κ2) is 11.5. The van der Waals surface area contributed by atoms with Crippen molar-refractivity contribution < 1.29 is 14.3 Å². The number of hydrogen-bond donors (Lipinski definition) is 2. The Kier molecular flexibility index (Phi) is 10.4. The van der Waals surface area contributed by atoms with Crippen LogP contribution in [0.25, 0.3) is 0 Å². The van der Waals surface area contributed by atoms with Crippen LogP contribution in [-0.2, 0) is 9.47 Å². The van der Waals surface area contributed by atoms with Crippen molar-refractivity contribution in [2.24, 2.45) is 4.99 Å². The summed E-state index contributed by atoms with van der Waals surface area (Å²) in [6.07, 6.45) is 3.72. The van der Waals surface area contributed by atoms with Gasteiger partial charge < -0.3 is 29.9 Å². The molecule has 0 bridgehead atoms.